The summed E-state index contributed by atoms with van der Waals surface area (Å²) in [6, 6.07) is 9.94. The van der Waals surface area contributed by atoms with Gasteiger partial charge in [-0.15, -0.1) is 0 Å². The third-order valence-corrected chi connectivity index (χ3v) is 3.15. The Bertz CT molecular complexity index is 423. The summed E-state index contributed by atoms with van der Waals surface area (Å²) in [6.45, 7) is 7.13. The van der Waals surface area contributed by atoms with Crippen molar-refractivity contribution in [1.82, 2.24) is 15.5 Å². The molecule has 1 aromatic rings. The van der Waals surface area contributed by atoms with Gasteiger partial charge in [0.2, 0.25) is 12.3 Å². The topological polar surface area (TPSA) is 61.4 Å². The molecule has 0 saturated heterocycles. The maximum atomic E-state index is 11.1. The SMILES string of the molecule is CC(=O)NCC(C)CNCCN(C=O)Cc1ccccc1. The van der Waals surface area contributed by atoms with E-state index in [1.807, 2.05) is 30.3 Å². The molecule has 0 aliphatic rings. The van der Waals surface area contributed by atoms with Crippen molar-refractivity contribution in [3.8, 4) is 0 Å². The van der Waals surface area contributed by atoms with Crippen LogP contribution in [-0.2, 0) is 16.1 Å². The molecule has 1 aromatic carbocycles. The first-order valence-corrected chi connectivity index (χ1v) is 7.30. The summed E-state index contributed by atoms with van der Waals surface area (Å²) in [6.07, 6.45) is 0.884. The average molecular weight is 291 g/mol. The molecule has 0 saturated carbocycles. The zero-order valence-corrected chi connectivity index (χ0v) is 12.8. The van der Waals surface area contributed by atoms with E-state index in [0.29, 0.717) is 25.6 Å². The van der Waals surface area contributed by atoms with E-state index < -0.39 is 0 Å². The first-order chi connectivity index (χ1) is 10.1. The van der Waals surface area contributed by atoms with Gasteiger partial charge in [-0.2, -0.15) is 0 Å². The summed E-state index contributed by atoms with van der Waals surface area (Å²) in [4.78, 5) is 23.6. The lowest BCUT2D eigenvalue weighted by atomic mass is 10.2. The van der Waals surface area contributed by atoms with Crippen molar-refractivity contribution in [2.45, 2.75) is 20.4 Å². The van der Waals surface area contributed by atoms with Gasteiger partial charge in [0, 0.05) is 33.1 Å². The minimum absolute atomic E-state index is 0.00292. The molecule has 5 heteroatoms. The molecule has 0 spiro atoms. The fourth-order valence-corrected chi connectivity index (χ4v) is 1.95. The summed E-state index contributed by atoms with van der Waals surface area (Å²) in [5, 5.41) is 6.10. The normalized spacial score (nSPS) is 11.7. The van der Waals surface area contributed by atoms with Gasteiger partial charge in [0.1, 0.15) is 0 Å². The van der Waals surface area contributed by atoms with Gasteiger partial charge in [-0.3, -0.25) is 9.59 Å². The Morgan fingerprint density at radius 1 is 1.29 bits per heavy atom. The van der Waals surface area contributed by atoms with E-state index in [1.165, 1.54) is 6.92 Å². The molecule has 21 heavy (non-hydrogen) atoms. The second-order valence-corrected chi connectivity index (χ2v) is 5.31. The Labute approximate surface area is 126 Å². The molecule has 2 N–H and O–H groups in total. The summed E-state index contributed by atoms with van der Waals surface area (Å²) in [5.41, 5.74) is 1.13. The Balaban J connectivity index is 2.17. The molecule has 1 unspecified atom stereocenters. The van der Waals surface area contributed by atoms with Crippen LogP contribution < -0.4 is 10.6 Å². The van der Waals surface area contributed by atoms with Crippen LogP contribution in [0.5, 0.6) is 0 Å². The lowest BCUT2D eigenvalue weighted by Gasteiger charge is -2.19. The van der Waals surface area contributed by atoms with Crippen molar-refractivity contribution in [1.29, 1.82) is 0 Å². The lowest BCUT2D eigenvalue weighted by molar-refractivity contribution is -0.119. The highest BCUT2D eigenvalue weighted by Crippen LogP contribution is 2.02. The van der Waals surface area contributed by atoms with Crippen LogP contribution in [0.15, 0.2) is 30.3 Å². The molecule has 5 nitrogen and oxygen atoms in total. The van der Waals surface area contributed by atoms with Gasteiger partial charge < -0.3 is 15.5 Å². The zero-order chi connectivity index (χ0) is 15.5. The molecule has 116 valence electrons. The predicted octanol–water partition coefficient (Wildman–Crippen LogP) is 1.01. The molecule has 0 heterocycles. The first-order valence-electron chi connectivity index (χ1n) is 7.30. The molecule has 0 aliphatic heterocycles. The average Bonchev–Trinajstić information content (AvgIpc) is 2.49. The van der Waals surface area contributed by atoms with Crippen LogP contribution in [0, 0.1) is 5.92 Å². The second-order valence-electron chi connectivity index (χ2n) is 5.31. The number of nitrogens with one attached hydrogen (secondary N) is 2. The van der Waals surface area contributed by atoms with E-state index in [4.69, 9.17) is 0 Å². The minimum Gasteiger partial charge on any atom is -0.356 e. The van der Waals surface area contributed by atoms with E-state index in [1.54, 1.807) is 4.90 Å². The highest BCUT2D eigenvalue weighted by molar-refractivity contribution is 5.72. The van der Waals surface area contributed by atoms with Crippen molar-refractivity contribution < 1.29 is 9.59 Å². The predicted molar refractivity (Wildman–Crippen MR) is 83.6 cm³/mol. The zero-order valence-electron chi connectivity index (χ0n) is 12.8. The number of carbonyl (C=O) groups excluding carboxylic acids is 2. The van der Waals surface area contributed by atoms with Crippen molar-refractivity contribution in [2.24, 2.45) is 5.92 Å². The van der Waals surface area contributed by atoms with Crippen molar-refractivity contribution in [2.75, 3.05) is 26.2 Å². The largest absolute Gasteiger partial charge is 0.356 e. The molecule has 0 bridgehead atoms. The van der Waals surface area contributed by atoms with Crippen molar-refractivity contribution in [3.63, 3.8) is 0 Å². The van der Waals surface area contributed by atoms with E-state index in [9.17, 15) is 9.59 Å². The van der Waals surface area contributed by atoms with Gasteiger partial charge in [-0.1, -0.05) is 37.3 Å². The van der Waals surface area contributed by atoms with Crippen LogP contribution in [0.2, 0.25) is 0 Å². The maximum Gasteiger partial charge on any atom is 0.216 e. The van der Waals surface area contributed by atoms with Crippen molar-refractivity contribution >= 4 is 12.3 Å². The minimum atomic E-state index is -0.00292. The highest BCUT2D eigenvalue weighted by Gasteiger charge is 2.05. The molecule has 0 radical (unpaired) electrons. The summed E-state index contributed by atoms with van der Waals surface area (Å²) in [5.74, 6) is 0.365. The molecular weight excluding hydrogens is 266 g/mol. The maximum absolute atomic E-state index is 11.1. The van der Waals surface area contributed by atoms with Gasteiger partial charge in [0.05, 0.1) is 0 Å². The number of hydrogen-bond donors (Lipinski definition) is 2. The summed E-state index contributed by atoms with van der Waals surface area (Å²) >= 11 is 0. The number of amides is 2. The van der Waals surface area contributed by atoms with E-state index in [-0.39, 0.29) is 5.91 Å². The summed E-state index contributed by atoms with van der Waals surface area (Å²) in [7, 11) is 0. The van der Waals surface area contributed by atoms with E-state index in [0.717, 1.165) is 25.1 Å². The molecule has 1 rings (SSSR count). The van der Waals surface area contributed by atoms with Crippen molar-refractivity contribution in [3.05, 3.63) is 35.9 Å². The quantitative estimate of drug-likeness (QED) is 0.499. The number of nitrogens with zero attached hydrogens (tertiary/aromatic N) is 1. The molecular formula is C16H25N3O2. The third-order valence-electron chi connectivity index (χ3n) is 3.15. The Kier molecular flexibility index (Phi) is 8.12. The van der Waals surface area contributed by atoms with Gasteiger partial charge in [0.15, 0.2) is 0 Å². The highest BCUT2D eigenvalue weighted by atomic mass is 16.1. The van der Waals surface area contributed by atoms with Crippen LogP contribution in [0.4, 0.5) is 0 Å². The third kappa shape index (κ3) is 8.09. The Morgan fingerprint density at radius 2 is 2.00 bits per heavy atom. The van der Waals surface area contributed by atoms with Crippen LogP contribution in [-0.4, -0.2) is 43.4 Å². The summed E-state index contributed by atoms with van der Waals surface area (Å²) < 4.78 is 0. The van der Waals surface area contributed by atoms with E-state index >= 15 is 0 Å². The standard InChI is InChI=1S/C16H25N3O2/c1-14(11-18-15(2)21)10-17-8-9-19(13-20)12-16-6-4-3-5-7-16/h3-7,13-14,17H,8-12H2,1-2H3,(H,18,21). The number of benzene rings is 1. The lowest BCUT2D eigenvalue weighted by Crippen LogP contribution is -2.35. The van der Waals surface area contributed by atoms with Crippen LogP contribution in [0.1, 0.15) is 19.4 Å². The van der Waals surface area contributed by atoms with Gasteiger partial charge in [0.25, 0.3) is 0 Å². The van der Waals surface area contributed by atoms with Crippen LogP contribution in [0.3, 0.4) is 0 Å². The van der Waals surface area contributed by atoms with E-state index in [2.05, 4.69) is 17.6 Å². The van der Waals surface area contributed by atoms with Gasteiger partial charge in [-0.05, 0) is 18.0 Å². The smallest absolute Gasteiger partial charge is 0.216 e. The molecule has 1 atom stereocenters. The molecule has 2 amide bonds. The molecule has 0 aromatic heterocycles. The van der Waals surface area contributed by atoms with Crippen LogP contribution in [0.25, 0.3) is 0 Å². The second kappa shape index (κ2) is 9.94. The first kappa shape index (κ1) is 17.2. The van der Waals surface area contributed by atoms with Gasteiger partial charge in [-0.25, -0.2) is 0 Å². The number of hydrogen-bond acceptors (Lipinski definition) is 3. The molecule has 0 aliphatic carbocycles. The monoisotopic (exact) mass is 291 g/mol. The fourth-order valence-electron chi connectivity index (χ4n) is 1.95. The Morgan fingerprint density at radius 3 is 2.62 bits per heavy atom. The number of carbonyl (C=O) groups is 2. The van der Waals surface area contributed by atoms with Crippen LogP contribution >= 0.6 is 0 Å². The van der Waals surface area contributed by atoms with Gasteiger partial charge >= 0.3 is 0 Å². The number of rotatable bonds is 10. The molecule has 0 fully saturated rings. The Hall–Kier alpha value is -1.88. The fraction of sp³-hybridized carbons (Fsp3) is 0.500.